The van der Waals surface area contributed by atoms with Gasteiger partial charge in [-0.3, -0.25) is 0 Å². The van der Waals surface area contributed by atoms with Crippen LogP contribution in [0, 0.1) is 0 Å². The van der Waals surface area contributed by atoms with Gasteiger partial charge < -0.3 is 15.7 Å². The first-order valence-corrected chi connectivity index (χ1v) is 5.94. The van der Waals surface area contributed by atoms with Crippen molar-refractivity contribution in [2.45, 2.75) is 25.6 Å². The topological polar surface area (TPSA) is 75.0 Å². The summed E-state index contributed by atoms with van der Waals surface area (Å²) in [5.74, 6) is 0.267. The van der Waals surface area contributed by atoms with Gasteiger partial charge in [0.2, 0.25) is 0 Å². The van der Waals surface area contributed by atoms with Crippen LogP contribution >= 0.6 is 12.2 Å². The van der Waals surface area contributed by atoms with Gasteiger partial charge in [-0.05, 0) is 25.1 Å². The van der Waals surface area contributed by atoms with Crippen LogP contribution in [0.4, 0.5) is 19.0 Å². The van der Waals surface area contributed by atoms with Gasteiger partial charge in [0, 0.05) is 6.61 Å². The molecule has 0 aromatic carbocycles. The Labute approximate surface area is 113 Å². The molecule has 0 spiro atoms. The monoisotopic (exact) mass is 297 g/mol. The second kappa shape index (κ2) is 7.24. The zero-order valence-electron chi connectivity index (χ0n) is 9.94. The van der Waals surface area contributed by atoms with Gasteiger partial charge >= 0.3 is 6.18 Å². The summed E-state index contributed by atoms with van der Waals surface area (Å²) in [6.07, 6.45) is -1.62. The first-order chi connectivity index (χ1) is 8.90. The second-order valence-corrected chi connectivity index (χ2v) is 4.09. The summed E-state index contributed by atoms with van der Waals surface area (Å²) >= 11 is 4.69. The molecule has 0 saturated carbocycles. The van der Waals surface area contributed by atoms with Crippen LogP contribution < -0.4 is 10.6 Å². The Morgan fingerprint density at radius 2 is 2.16 bits per heavy atom. The average molecular weight is 297 g/mol. The lowest BCUT2D eigenvalue weighted by atomic mass is 10.3. The van der Waals surface area contributed by atoms with Crippen LogP contribution in [0.1, 0.15) is 12.8 Å². The van der Waals surface area contributed by atoms with E-state index in [1.54, 1.807) is 0 Å². The van der Waals surface area contributed by atoms with Crippen LogP contribution in [0.25, 0.3) is 0 Å². The van der Waals surface area contributed by atoms with Gasteiger partial charge in [0.1, 0.15) is 6.54 Å². The molecule has 0 radical (unpaired) electrons. The fourth-order valence-corrected chi connectivity index (χ4v) is 1.35. The molecule has 0 unspecified atom stereocenters. The Balaban J connectivity index is 2.34. The number of nitrogens with one attached hydrogen (secondary N) is 2. The lowest BCUT2D eigenvalue weighted by Crippen LogP contribution is -2.36. The number of rotatable bonds is 6. The Hall–Kier alpha value is -1.42. The van der Waals surface area contributed by atoms with E-state index in [0.717, 1.165) is 0 Å². The van der Waals surface area contributed by atoms with Gasteiger partial charge in [-0.25, -0.2) is 0 Å². The quantitative estimate of drug-likeness (QED) is 0.535. The molecule has 0 fully saturated rings. The number of aromatic nitrogens is 3. The van der Waals surface area contributed by atoms with E-state index >= 15 is 0 Å². The maximum Gasteiger partial charge on any atom is 0.405 e. The lowest BCUT2D eigenvalue weighted by Gasteiger charge is -2.10. The van der Waals surface area contributed by atoms with Crippen LogP contribution in [0.2, 0.25) is 0 Å². The molecular formula is C9H14F3N5OS. The summed E-state index contributed by atoms with van der Waals surface area (Å²) in [7, 11) is 0. The van der Waals surface area contributed by atoms with E-state index in [4.69, 9.17) is 5.11 Å². The van der Waals surface area contributed by atoms with Gasteiger partial charge in [-0.1, -0.05) is 0 Å². The molecule has 10 heteroatoms. The summed E-state index contributed by atoms with van der Waals surface area (Å²) in [5.41, 5.74) is 0. The molecule has 0 aliphatic carbocycles. The summed E-state index contributed by atoms with van der Waals surface area (Å²) < 4.78 is 35.8. The number of aryl methyl sites for hydroxylation is 1. The van der Waals surface area contributed by atoms with Crippen molar-refractivity contribution in [3.63, 3.8) is 0 Å². The molecule has 1 heterocycles. The number of aliphatic hydroxyl groups excluding tert-OH is 1. The molecule has 6 nitrogen and oxygen atoms in total. The molecule has 0 atom stereocenters. The molecule has 1 rings (SSSR count). The highest BCUT2D eigenvalue weighted by Gasteiger charge is 2.27. The first kappa shape index (κ1) is 15.6. The zero-order chi connectivity index (χ0) is 14.3. The largest absolute Gasteiger partial charge is 0.405 e. The summed E-state index contributed by atoms with van der Waals surface area (Å²) in [4.78, 5) is 1.38. The fourth-order valence-electron chi connectivity index (χ4n) is 1.17. The molecule has 0 bridgehead atoms. The van der Waals surface area contributed by atoms with Crippen molar-refractivity contribution in [3.8, 4) is 0 Å². The highest BCUT2D eigenvalue weighted by molar-refractivity contribution is 7.80. The third kappa shape index (κ3) is 6.91. The second-order valence-electron chi connectivity index (χ2n) is 3.68. The summed E-state index contributed by atoms with van der Waals surface area (Å²) in [5, 5.41) is 20.8. The van der Waals surface area contributed by atoms with Crippen LogP contribution in [-0.2, 0) is 6.54 Å². The van der Waals surface area contributed by atoms with Gasteiger partial charge in [-0.15, -0.1) is 5.10 Å². The SMILES string of the molecule is OCCCCn1ncc(NC(=S)NCC(F)(F)F)n1. The number of nitrogens with zero attached hydrogens (tertiary/aromatic N) is 3. The number of aliphatic hydroxyl groups is 1. The molecule has 1 aromatic heterocycles. The predicted molar refractivity (Wildman–Crippen MR) is 66.6 cm³/mol. The molecule has 0 amide bonds. The minimum atomic E-state index is -4.33. The van der Waals surface area contributed by atoms with Crippen LogP contribution in [0.5, 0.6) is 0 Å². The number of halogens is 3. The molecule has 1 aromatic rings. The summed E-state index contributed by atoms with van der Waals surface area (Å²) in [6.45, 7) is -0.591. The molecule has 19 heavy (non-hydrogen) atoms. The molecule has 3 N–H and O–H groups in total. The fraction of sp³-hybridized carbons (Fsp3) is 0.667. The van der Waals surface area contributed by atoms with E-state index in [2.05, 4.69) is 27.7 Å². The standard InChI is InChI=1S/C9H14F3N5OS/c10-9(11,12)6-13-8(19)15-7-5-14-17(16-7)3-1-2-4-18/h5,18H,1-4,6H2,(H2,13,15,16,19). The Kier molecular flexibility index (Phi) is 5.96. The first-order valence-electron chi connectivity index (χ1n) is 5.53. The number of unbranched alkanes of at least 4 members (excludes halogenated alkanes) is 1. The third-order valence-electron chi connectivity index (χ3n) is 1.99. The number of hydrogen-bond donors (Lipinski definition) is 3. The van der Waals surface area contributed by atoms with Crippen molar-refractivity contribution in [2.75, 3.05) is 18.5 Å². The predicted octanol–water partition coefficient (Wildman–Crippen LogP) is 0.899. The maximum absolute atomic E-state index is 11.9. The van der Waals surface area contributed by atoms with Crippen molar-refractivity contribution in [2.24, 2.45) is 0 Å². The zero-order valence-corrected chi connectivity index (χ0v) is 10.8. The normalized spacial score (nSPS) is 11.4. The van der Waals surface area contributed by atoms with Gasteiger partial charge in [0.05, 0.1) is 12.7 Å². The van der Waals surface area contributed by atoms with Crippen molar-refractivity contribution >= 4 is 23.1 Å². The number of hydrogen-bond acceptors (Lipinski definition) is 4. The number of thiocarbonyl (C=S) groups is 1. The molecule has 0 aliphatic rings. The van der Waals surface area contributed by atoms with E-state index in [1.165, 1.54) is 11.0 Å². The highest BCUT2D eigenvalue weighted by atomic mass is 32.1. The average Bonchev–Trinajstić information content (AvgIpc) is 2.74. The molecule has 108 valence electrons. The van der Waals surface area contributed by atoms with E-state index in [-0.39, 0.29) is 17.5 Å². The van der Waals surface area contributed by atoms with Crippen molar-refractivity contribution in [1.29, 1.82) is 0 Å². The minimum Gasteiger partial charge on any atom is -0.396 e. The van der Waals surface area contributed by atoms with Crippen LogP contribution in [-0.4, -0.2) is 44.5 Å². The van der Waals surface area contributed by atoms with Crippen molar-refractivity contribution in [3.05, 3.63) is 6.20 Å². The smallest absolute Gasteiger partial charge is 0.396 e. The van der Waals surface area contributed by atoms with Gasteiger partial charge in [-0.2, -0.15) is 23.1 Å². The van der Waals surface area contributed by atoms with Crippen LogP contribution in [0.3, 0.4) is 0 Å². The van der Waals surface area contributed by atoms with E-state index in [0.29, 0.717) is 19.4 Å². The minimum absolute atomic E-state index is 0.0951. The highest BCUT2D eigenvalue weighted by Crippen LogP contribution is 2.12. The maximum atomic E-state index is 11.9. The number of alkyl halides is 3. The lowest BCUT2D eigenvalue weighted by molar-refractivity contribution is -0.121. The molecule has 0 aliphatic heterocycles. The van der Waals surface area contributed by atoms with Gasteiger partial charge in [0.15, 0.2) is 10.9 Å². The van der Waals surface area contributed by atoms with Crippen molar-refractivity contribution in [1.82, 2.24) is 20.3 Å². The van der Waals surface area contributed by atoms with E-state index in [9.17, 15) is 13.2 Å². The van der Waals surface area contributed by atoms with Crippen LogP contribution in [0.15, 0.2) is 6.20 Å². The molecule has 0 saturated heterocycles. The number of anilines is 1. The molecular weight excluding hydrogens is 283 g/mol. The van der Waals surface area contributed by atoms with Crippen molar-refractivity contribution < 1.29 is 18.3 Å². The Morgan fingerprint density at radius 1 is 1.42 bits per heavy atom. The van der Waals surface area contributed by atoms with Gasteiger partial charge in [0.25, 0.3) is 0 Å². The Morgan fingerprint density at radius 3 is 2.79 bits per heavy atom. The van der Waals surface area contributed by atoms with E-state index in [1.807, 2.05) is 5.32 Å². The third-order valence-corrected chi connectivity index (χ3v) is 2.24. The summed E-state index contributed by atoms with van der Waals surface area (Å²) in [6, 6.07) is 0. The van der Waals surface area contributed by atoms with E-state index < -0.39 is 12.7 Å². The Bertz CT molecular complexity index is 409.